The minimum Gasteiger partial charge on any atom is -0.481 e. The largest absolute Gasteiger partial charge is 0.481 e. The van der Waals surface area contributed by atoms with Crippen LogP contribution in [0.4, 0.5) is 0 Å². The number of aliphatic carboxylic acids is 1. The molecule has 2 N–H and O–H groups in total. The maximum Gasteiger partial charge on any atom is 0.306 e. The second kappa shape index (κ2) is 4.93. The minimum absolute atomic E-state index is 0.209. The molecule has 0 aliphatic carbocycles. The van der Waals surface area contributed by atoms with Crippen LogP contribution < -0.4 is 0 Å². The summed E-state index contributed by atoms with van der Waals surface area (Å²) in [5.41, 5.74) is 0.672. The zero-order valence-corrected chi connectivity index (χ0v) is 8.92. The number of carboxylic acid groups (broad SMARTS) is 1. The van der Waals surface area contributed by atoms with Crippen LogP contribution in [0.15, 0.2) is 12.5 Å². The molecular weight excluding hydrogens is 196 g/mol. The van der Waals surface area contributed by atoms with Crippen LogP contribution in [0, 0.1) is 5.92 Å². The van der Waals surface area contributed by atoms with Crippen molar-refractivity contribution in [1.82, 2.24) is 9.55 Å². The Morgan fingerprint density at radius 3 is 2.87 bits per heavy atom. The molecular formula is C10H16N2O3. The molecule has 2 unspecified atom stereocenters. The number of nitrogens with zero attached hydrogens (tertiary/aromatic N) is 2. The van der Waals surface area contributed by atoms with Gasteiger partial charge in [-0.2, -0.15) is 0 Å². The topological polar surface area (TPSA) is 75.3 Å². The minimum atomic E-state index is -0.892. The van der Waals surface area contributed by atoms with E-state index in [-0.39, 0.29) is 6.42 Å². The molecule has 0 spiro atoms. The van der Waals surface area contributed by atoms with Crippen LogP contribution in [0.3, 0.4) is 0 Å². The van der Waals surface area contributed by atoms with Crippen molar-refractivity contribution in [3.8, 4) is 0 Å². The molecule has 5 nitrogen and oxygen atoms in total. The van der Waals surface area contributed by atoms with Crippen LogP contribution in [0.2, 0.25) is 0 Å². The third-order valence-corrected chi connectivity index (χ3v) is 2.42. The molecule has 0 saturated heterocycles. The standard InChI is InChI=1S/C10H16N2O3/c1-3-12-6-11-5-8(12)9(13)4-7(2)10(14)15/h5-7,9,13H,3-4H2,1-2H3,(H,14,15). The van der Waals surface area contributed by atoms with Crippen molar-refractivity contribution in [2.45, 2.75) is 32.9 Å². The summed E-state index contributed by atoms with van der Waals surface area (Å²) in [6, 6.07) is 0. The van der Waals surface area contributed by atoms with Crippen molar-refractivity contribution in [1.29, 1.82) is 0 Å². The number of aliphatic hydroxyl groups is 1. The lowest BCUT2D eigenvalue weighted by molar-refractivity contribution is -0.142. The molecule has 0 aliphatic heterocycles. The van der Waals surface area contributed by atoms with E-state index in [2.05, 4.69) is 4.98 Å². The van der Waals surface area contributed by atoms with E-state index in [1.165, 1.54) is 0 Å². The fourth-order valence-electron chi connectivity index (χ4n) is 1.43. The van der Waals surface area contributed by atoms with Crippen LogP contribution in [0.5, 0.6) is 0 Å². The van der Waals surface area contributed by atoms with E-state index in [0.29, 0.717) is 12.2 Å². The number of rotatable bonds is 5. The number of aliphatic hydroxyl groups excluding tert-OH is 1. The van der Waals surface area contributed by atoms with E-state index in [4.69, 9.17) is 5.11 Å². The summed E-state index contributed by atoms with van der Waals surface area (Å²) in [5.74, 6) is -1.45. The number of aryl methyl sites for hydroxylation is 1. The van der Waals surface area contributed by atoms with Gasteiger partial charge in [0.25, 0.3) is 0 Å². The molecule has 1 aromatic rings. The first-order valence-corrected chi connectivity index (χ1v) is 4.97. The van der Waals surface area contributed by atoms with Gasteiger partial charge in [0.1, 0.15) is 0 Å². The zero-order chi connectivity index (χ0) is 11.4. The van der Waals surface area contributed by atoms with Crippen LogP contribution in [-0.2, 0) is 11.3 Å². The van der Waals surface area contributed by atoms with Gasteiger partial charge < -0.3 is 14.8 Å². The van der Waals surface area contributed by atoms with Gasteiger partial charge in [0.15, 0.2) is 0 Å². The summed E-state index contributed by atoms with van der Waals surface area (Å²) in [7, 11) is 0. The summed E-state index contributed by atoms with van der Waals surface area (Å²) in [5, 5.41) is 18.5. The summed E-state index contributed by atoms with van der Waals surface area (Å²) in [6.45, 7) is 4.24. The Bertz CT molecular complexity index is 335. The lowest BCUT2D eigenvalue weighted by Crippen LogP contribution is -2.15. The molecule has 0 aromatic carbocycles. The molecule has 5 heteroatoms. The summed E-state index contributed by atoms with van der Waals surface area (Å²) in [6.07, 6.45) is 2.65. The fourth-order valence-corrected chi connectivity index (χ4v) is 1.43. The average Bonchev–Trinajstić information content (AvgIpc) is 2.64. The van der Waals surface area contributed by atoms with Crippen molar-refractivity contribution in [2.75, 3.05) is 0 Å². The monoisotopic (exact) mass is 212 g/mol. The van der Waals surface area contributed by atoms with Gasteiger partial charge in [0.05, 0.1) is 30.2 Å². The number of carboxylic acids is 1. The van der Waals surface area contributed by atoms with Crippen molar-refractivity contribution >= 4 is 5.97 Å². The maximum atomic E-state index is 10.6. The van der Waals surface area contributed by atoms with E-state index >= 15 is 0 Å². The van der Waals surface area contributed by atoms with E-state index < -0.39 is 18.0 Å². The molecule has 15 heavy (non-hydrogen) atoms. The molecule has 0 bridgehead atoms. The molecule has 2 atom stereocenters. The van der Waals surface area contributed by atoms with E-state index in [0.717, 1.165) is 0 Å². The highest BCUT2D eigenvalue weighted by molar-refractivity contribution is 5.69. The van der Waals surface area contributed by atoms with Gasteiger partial charge in [-0.1, -0.05) is 6.92 Å². The van der Waals surface area contributed by atoms with Crippen molar-refractivity contribution in [3.05, 3.63) is 18.2 Å². The normalized spacial score (nSPS) is 14.9. The molecule has 0 saturated carbocycles. The first-order chi connectivity index (χ1) is 7.06. The quantitative estimate of drug-likeness (QED) is 0.764. The maximum absolute atomic E-state index is 10.6. The van der Waals surface area contributed by atoms with Gasteiger partial charge in [0.2, 0.25) is 0 Å². The Morgan fingerprint density at radius 2 is 2.33 bits per heavy atom. The number of hydrogen-bond donors (Lipinski definition) is 2. The van der Waals surface area contributed by atoms with Crippen LogP contribution in [-0.4, -0.2) is 25.7 Å². The van der Waals surface area contributed by atoms with Crippen molar-refractivity contribution in [3.63, 3.8) is 0 Å². The number of imidazole rings is 1. The molecule has 1 aromatic heterocycles. The van der Waals surface area contributed by atoms with Gasteiger partial charge in [-0.05, 0) is 13.3 Å². The van der Waals surface area contributed by atoms with E-state index in [1.807, 2.05) is 6.92 Å². The smallest absolute Gasteiger partial charge is 0.306 e. The van der Waals surface area contributed by atoms with Gasteiger partial charge in [-0.25, -0.2) is 4.98 Å². The highest BCUT2D eigenvalue weighted by Crippen LogP contribution is 2.20. The highest BCUT2D eigenvalue weighted by atomic mass is 16.4. The van der Waals surface area contributed by atoms with Crippen LogP contribution >= 0.6 is 0 Å². The lowest BCUT2D eigenvalue weighted by atomic mass is 10.0. The Kier molecular flexibility index (Phi) is 3.85. The van der Waals surface area contributed by atoms with E-state index in [1.54, 1.807) is 24.0 Å². The van der Waals surface area contributed by atoms with Crippen LogP contribution in [0.1, 0.15) is 32.1 Å². The molecule has 0 fully saturated rings. The van der Waals surface area contributed by atoms with Gasteiger partial charge >= 0.3 is 5.97 Å². The van der Waals surface area contributed by atoms with Crippen molar-refractivity contribution in [2.24, 2.45) is 5.92 Å². The predicted octanol–water partition coefficient (Wildman–Crippen LogP) is 1.05. The molecule has 0 amide bonds. The summed E-state index contributed by atoms with van der Waals surface area (Å²) in [4.78, 5) is 14.5. The Hall–Kier alpha value is -1.36. The van der Waals surface area contributed by atoms with Gasteiger partial charge in [0, 0.05) is 6.54 Å². The zero-order valence-electron chi connectivity index (χ0n) is 8.92. The van der Waals surface area contributed by atoms with Crippen LogP contribution in [0.25, 0.3) is 0 Å². The fraction of sp³-hybridized carbons (Fsp3) is 0.600. The number of carbonyl (C=O) groups is 1. The second-order valence-corrected chi connectivity index (χ2v) is 3.60. The first-order valence-electron chi connectivity index (χ1n) is 4.97. The molecule has 0 radical (unpaired) electrons. The molecule has 1 heterocycles. The van der Waals surface area contributed by atoms with Gasteiger partial charge in [-0.3, -0.25) is 4.79 Å². The highest BCUT2D eigenvalue weighted by Gasteiger charge is 2.19. The molecule has 0 aliphatic rings. The Labute approximate surface area is 88.4 Å². The van der Waals surface area contributed by atoms with E-state index in [9.17, 15) is 9.90 Å². The predicted molar refractivity (Wildman–Crippen MR) is 54.3 cm³/mol. The molecule has 84 valence electrons. The number of aromatic nitrogens is 2. The third-order valence-electron chi connectivity index (χ3n) is 2.42. The summed E-state index contributed by atoms with van der Waals surface area (Å²) >= 11 is 0. The van der Waals surface area contributed by atoms with Gasteiger partial charge in [-0.15, -0.1) is 0 Å². The average molecular weight is 212 g/mol. The third kappa shape index (κ3) is 2.79. The second-order valence-electron chi connectivity index (χ2n) is 3.60. The molecule has 1 rings (SSSR count). The first kappa shape index (κ1) is 11.7. The Morgan fingerprint density at radius 1 is 1.67 bits per heavy atom. The SMILES string of the molecule is CCn1cncc1C(O)CC(C)C(=O)O. The van der Waals surface area contributed by atoms with Crippen molar-refractivity contribution < 1.29 is 15.0 Å². The Balaban J connectivity index is 2.68. The number of hydrogen-bond acceptors (Lipinski definition) is 3. The lowest BCUT2D eigenvalue weighted by Gasteiger charge is -2.14. The summed E-state index contributed by atoms with van der Waals surface area (Å²) < 4.78 is 1.80.